The summed E-state index contributed by atoms with van der Waals surface area (Å²) in [5.74, 6) is 0.838. The van der Waals surface area contributed by atoms with E-state index in [0.29, 0.717) is 25.3 Å². The molecule has 1 amide bonds. The SMILES string of the molecule is COc1ccc(CC2CN(C(=O)c3ccc4nccnc4c3)CCO2)cc1. The molecule has 3 aromatic rings. The van der Waals surface area contributed by atoms with Crippen LogP contribution in [-0.2, 0) is 11.2 Å². The lowest BCUT2D eigenvalue weighted by atomic mass is 10.1. The van der Waals surface area contributed by atoms with E-state index in [1.54, 1.807) is 25.6 Å². The van der Waals surface area contributed by atoms with Gasteiger partial charge in [0.05, 0.1) is 30.9 Å². The minimum atomic E-state index is -0.0173. The zero-order valence-corrected chi connectivity index (χ0v) is 15.2. The number of hydrogen-bond donors (Lipinski definition) is 0. The van der Waals surface area contributed by atoms with Crippen molar-refractivity contribution < 1.29 is 14.3 Å². The zero-order valence-electron chi connectivity index (χ0n) is 15.2. The number of benzene rings is 2. The number of rotatable bonds is 4. The monoisotopic (exact) mass is 363 g/mol. The molecule has 1 atom stereocenters. The van der Waals surface area contributed by atoms with Crippen LogP contribution in [0.1, 0.15) is 15.9 Å². The maximum Gasteiger partial charge on any atom is 0.254 e. The Labute approximate surface area is 157 Å². The van der Waals surface area contributed by atoms with Crippen LogP contribution in [0.3, 0.4) is 0 Å². The fraction of sp³-hybridized carbons (Fsp3) is 0.286. The molecule has 1 aromatic heterocycles. The predicted octanol–water partition coefficient (Wildman–Crippen LogP) is 2.72. The topological polar surface area (TPSA) is 64.5 Å². The molecule has 27 heavy (non-hydrogen) atoms. The van der Waals surface area contributed by atoms with E-state index in [1.807, 2.05) is 41.3 Å². The number of ether oxygens (including phenoxy) is 2. The molecule has 2 heterocycles. The van der Waals surface area contributed by atoms with E-state index in [-0.39, 0.29) is 12.0 Å². The molecule has 4 rings (SSSR count). The number of methoxy groups -OCH3 is 1. The Bertz CT molecular complexity index is 943. The van der Waals surface area contributed by atoms with Crippen LogP contribution in [0.25, 0.3) is 11.0 Å². The molecular formula is C21H21N3O3. The predicted molar refractivity (Wildman–Crippen MR) is 102 cm³/mol. The summed E-state index contributed by atoms with van der Waals surface area (Å²) < 4.78 is 11.1. The summed E-state index contributed by atoms with van der Waals surface area (Å²) in [6.07, 6.45) is 4.03. The van der Waals surface area contributed by atoms with Crippen LogP contribution < -0.4 is 4.74 Å². The van der Waals surface area contributed by atoms with Gasteiger partial charge in [0.15, 0.2) is 0 Å². The Kier molecular flexibility index (Phi) is 4.98. The summed E-state index contributed by atoms with van der Waals surface area (Å²) in [6.45, 7) is 1.71. The van der Waals surface area contributed by atoms with Gasteiger partial charge >= 0.3 is 0 Å². The lowest BCUT2D eigenvalue weighted by Crippen LogP contribution is -2.46. The Hall–Kier alpha value is -2.99. The lowest BCUT2D eigenvalue weighted by Gasteiger charge is -2.33. The molecule has 0 aliphatic carbocycles. The summed E-state index contributed by atoms with van der Waals surface area (Å²) in [5, 5.41) is 0. The van der Waals surface area contributed by atoms with Gasteiger partial charge in [0.25, 0.3) is 5.91 Å². The molecule has 1 fully saturated rings. The quantitative estimate of drug-likeness (QED) is 0.713. The van der Waals surface area contributed by atoms with E-state index in [1.165, 1.54) is 0 Å². The summed E-state index contributed by atoms with van der Waals surface area (Å²) in [7, 11) is 1.65. The first kappa shape index (κ1) is 17.4. The lowest BCUT2D eigenvalue weighted by molar-refractivity contribution is -0.0208. The summed E-state index contributed by atoms with van der Waals surface area (Å²) >= 11 is 0. The smallest absolute Gasteiger partial charge is 0.254 e. The number of amides is 1. The van der Waals surface area contributed by atoms with Gasteiger partial charge in [0.2, 0.25) is 0 Å². The number of nitrogens with zero attached hydrogens (tertiary/aromatic N) is 3. The van der Waals surface area contributed by atoms with Crippen molar-refractivity contribution in [3.05, 3.63) is 66.0 Å². The number of hydrogen-bond acceptors (Lipinski definition) is 5. The zero-order chi connectivity index (χ0) is 18.6. The molecule has 6 nitrogen and oxygen atoms in total. The van der Waals surface area contributed by atoms with Gasteiger partial charge in [-0.2, -0.15) is 0 Å². The van der Waals surface area contributed by atoms with E-state index < -0.39 is 0 Å². The summed E-state index contributed by atoms with van der Waals surface area (Å²) in [4.78, 5) is 23.3. The van der Waals surface area contributed by atoms with Crippen LogP contribution in [-0.4, -0.2) is 53.7 Å². The van der Waals surface area contributed by atoms with Crippen LogP contribution in [0.5, 0.6) is 5.75 Å². The van der Waals surface area contributed by atoms with Gasteiger partial charge in [-0.05, 0) is 35.9 Å². The van der Waals surface area contributed by atoms with Crippen LogP contribution >= 0.6 is 0 Å². The number of carbonyl (C=O) groups excluding carboxylic acids is 1. The molecule has 0 saturated carbocycles. The molecule has 2 aromatic carbocycles. The standard InChI is InChI=1S/C21H21N3O3/c1-26-17-5-2-15(3-6-17)12-18-14-24(10-11-27-18)21(25)16-4-7-19-20(13-16)23-9-8-22-19/h2-9,13,18H,10-12,14H2,1H3. The summed E-state index contributed by atoms with van der Waals surface area (Å²) in [6, 6.07) is 13.4. The first-order valence-corrected chi connectivity index (χ1v) is 8.97. The largest absolute Gasteiger partial charge is 0.497 e. The molecule has 6 heteroatoms. The molecule has 1 saturated heterocycles. The van der Waals surface area contributed by atoms with Gasteiger partial charge < -0.3 is 14.4 Å². The Morgan fingerprint density at radius 3 is 2.70 bits per heavy atom. The van der Waals surface area contributed by atoms with Gasteiger partial charge in [-0.3, -0.25) is 14.8 Å². The molecule has 1 aliphatic rings. The molecular weight excluding hydrogens is 342 g/mol. The second kappa shape index (κ2) is 7.72. The number of fused-ring (bicyclic) bond motifs is 1. The van der Waals surface area contributed by atoms with Crippen molar-refractivity contribution in [3.63, 3.8) is 0 Å². The Balaban J connectivity index is 1.45. The molecule has 1 unspecified atom stereocenters. The average molecular weight is 363 g/mol. The van der Waals surface area contributed by atoms with Crippen molar-refractivity contribution in [3.8, 4) is 5.75 Å². The highest BCUT2D eigenvalue weighted by atomic mass is 16.5. The van der Waals surface area contributed by atoms with Gasteiger partial charge in [-0.25, -0.2) is 0 Å². The third-order valence-electron chi connectivity index (χ3n) is 4.76. The van der Waals surface area contributed by atoms with Crippen molar-refractivity contribution in [1.82, 2.24) is 14.9 Å². The average Bonchev–Trinajstić information content (AvgIpc) is 2.73. The van der Waals surface area contributed by atoms with E-state index in [9.17, 15) is 4.79 Å². The highest BCUT2D eigenvalue weighted by Gasteiger charge is 2.25. The highest BCUT2D eigenvalue weighted by molar-refractivity contribution is 5.97. The molecule has 1 aliphatic heterocycles. The van der Waals surface area contributed by atoms with Gasteiger partial charge in [0, 0.05) is 37.5 Å². The third kappa shape index (κ3) is 3.90. The van der Waals surface area contributed by atoms with Crippen molar-refractivity contribution in [2.75, 3.05) is 26.8 Å². The van der Waals surface area contributed by atoms with Crippen LogP contribution in [0.4, 0.5) is 0 Å². The maximum atomic E-state index is 12.9. The second-order valence-corrected chi connectivity index (χ2v) is 6.56. The van der Waals surface area contributed by atoms with E-state index >= 15 is 0 Å². The van der Waals surface area contributed by atoms with Crippen molar-refractivity contribution >= 4 is 16.9 Å². The third-order valence-corrected chi connectivity index (χ3v) is 4.76. The van der Waals surface area contributed by atoms with Crippen molar-refractivity contribution in [1.29, 1.82) is 0 Å². The molecule has 0 N–H and O–H groups in total. The van der Waals surface area contributed by atoms with Gasteiger partial charge in [-0.15, -0.1) is 0 Å². The van der Waals surface area contributed by atoms with Crippen molar-refractivity contribution in [2.45, 2.75) is 12.5 Å². The summed E-state index contributed by atoms with van der Waals surface area (Å²) in [5.41, 5.74) is 3.31. The van der Waals surface area contributed by atoms with Gasteiger partial charge in [-0.1, -0.05) is 12.1 Å². The van der Waals surface area contributed by atoms with Crippen molar-refractivity contribution in [2.24, 2.45) is 0 Å². The Morgan fingerprint density at radius 2 is 1.93 bits per heavy atom. The highest BCUT2D eigenvalue weighted by Crippen LogP contribution is 2.18. The molecule has 138 valence electrons. The Morgan fingerprint density at radius 1 is 1.15 bits per heavy atom. The minimum absolute atomic E-state index is 0.00517. The first-order chi connectivity index (χ1) is 13.2. The van der Waals surface area contributed by atoms with Crippen LogP contribution in [0.15, 0.2) is 54.9 Å². The molecule has 0 bridgehead atoms. The molecule has 0 radical (unpaired) electrons. The number of carbonyl (C=O) groups is 1. The number of morpholine rings is 1. The van der Waals surface area contributed by atoms with E-state index in [2.05, 4.69) is 9.97 Å². The van der Waals surface area contributed by atoms with Crippen LogP contribution in [0.2, 0.25) is 0 Å². The van der Waals surface area contributed by atoms with Crippen LogP contribution in [0, 0.1) is 0 Å². The van der Waals surface area contributed by atoms with E-state index in [0.717, 1.165) is 28.8 Å². The minimum Gasteiger partial charge on any atom is -0.497 e. The fourth-order valence-electron chi connectivity index (χ4n) is 3.33. The first-order valence-electron chi connectivity index (χ1n) is 8.97. The fourth-order valence-corrected chi connectivity index (χ4v) is 3.33. The van der Waals surface area contributed by atoms with E-state index in [4.69, 9.17) is 9.47 Å². The second-order valence-electron chi connectivity index (χ2n) is 6.56. The molecule has 0 spiro atoms. The number of aromatic nitrogens is 2. The maximum absolute atomic E-state index is 12.9. The van der Waals surface area contributed by atoms with Gasteiger partial charge in [0.1, 0.15) is 5.75 Å². The normalized spacial score (nSPS) is 17.1.